The molecular formula is C30H36ClN11O2. The molecule has 1 aromatic carbocycles. The third-order valence-electron chi connectivity index (χ3n) is 7.90. The van der Waals surface area contributed by atoms with Crippen molar-refractivity contribution in [3.63, 3.8) is 0 Å². The molecule has 0 aliphatic carbocycles. The summed E-state index contributed by atoms with van der Waals surface area (Å²) in [4.78, 5) is 46.5. The molecule has 4 heterocycles. The Bertz CT molecular complexity index is 1590. The van der Waals surface area contributed by atoms with Crippen LogP contribution in [0.3, 0.4) is 0 Å². The number of rotatable bonds is 10. The van der Waals surface area contributed by atoms with E-state index in [1.807, 2.05) is 37.3 Å². The predicted molar refractivity (Wildman–Crippen MR) is 168 cm³/mol. The van der Waals surface area contributed by atoms with E-state index in [1.54, 1.807) is 24.9 Å². The van der Waals surface area contributed by atoms with Gasteiger partial charge >= 0.3 is 0 Å². The molecule has 0 spiro atoms. The summed E-state index contributed by atoms with van der Waals surface area (Å²) >= 11 is 6.44. The number of amides is 2. The number of pyridine rings is 1. The number of halogens is 1. The number of likely N-dealkylation sites (N-methyl/N-ethyl adjacent to an activating group) is 1. The molecule has 3 aromatic rings. The number of hydrogen-bond acceptors (Lipinski definition) is 11. The molecule has 1 fully saturated rings. The topological polar surface area (TPSA) is 155 Å². The van der Waals surface area contributed by atoms with Crippen LogP contribution in [0, 0.1) is 5.53 Å². The first-order valence-electron chi connectivity index (χ1n) is 14.4. The molecule has 2 aromatic heterocycles. The number of carbonyl (C=O) groups excluding carboxylic acids is 2. The van der Waals surface area contributed by atoms with Crippen LogP contribution in [0.4, 0.5) is 11.8 Å². The van der Waals surface area contributed by atoms with Crippen molar-refractivity contribution in [3.05, 3.63) is 76.5 Å². The number of carbonyl (C=O) groups is 2. The van der Waals surface area contributed by atoms with Gasteiger partial charge in [0.1, 0.15) is 17.7 Å². The van der Waals surface area contributed by atoms with Gasteiger partial charge in [0, 0.05) is 50.9 Å². The van der Waals surface area contributed by atoms with Gasteiger partial charge in [-0.25, -0.2) is 20.5 Å². The Balaban J connectivity index is 1.27. The zero-order valence-corrected chi connectivity index (χ0v) is 25.9. The highest BCUT2D eigenvalue weighted by Gasteiger charge is 2.35. The summed E-state index contributed by atoms with van der Waals surface area (Å²) in [7, 11) is 3.79. The number of anilines is 2. The molecule has 5 rings (SSSR count). The number of nitrogens with one attached hydrogen (secondary N) is 4. The fraction of sp³-hybridized carbons (Fsp3) is 0.367. The van der Waals surface area contributed by atoms with Crippen LogP contribution in [0.1, 0.15) is 41.5 Å². The molecule has 0 saturated carbocycles. The van der Waals surface area contributed by atoms with Crippen molar-refractivity contribution in [2.75, 3.05) is 50.5 Å². The molecule has 44 heavy (non-hydrogen) atoms. The maximum atomic E-state index is 13.5. The van der Waals surface area contributed by atoms with Crippen LogP contribution in [0.2, 0.25) is 5.02 Å². The number of nitrogens with zero attached hydrogens (tertiary/aromatic N) is 7. The van der Waals surface area contributed by atoms with E-state index in [2.05, 4.69) is 47.9 Å². The monoisotopic (exact) mass is 617 g/mol. The summed E-state index contributed by atoms with van der Waals surface area (Å²) in [5.41, 5.74) is 10.2. The third kappa shape index (κ3) is 6.63. The van der Waals surface area contributed by atoms with Crippen molar-refractivity contribution in [1.82, 2.24) is 35.4 Å². The van der Waals surface area contributed by atoms with E-state index >= 15 is 0 Å². The van der Waals surface area contributed by atoms with Gasteiger partial charge in [-0.3, -0.25) is 9.59 Å². The van der Waals surface area contributed by atoms with Crippen LogP contribution >= 0.6 is 11.6 Å². The van der Waals surface area contributed by atoms with Gasteiger partial charge in [0.05, 0.1) is 34.8 Å². The lowest BCUT2D eigenvalue weighted by Crippen LogP contribution is -2.46. The van der Waals surface area contributed by atoms with Crippen molar-refractivity contribution in [2.45, 2.75) is 32.5 Å². The summed E-state index contributed by atoms with van der Waals surface area (Å²) in [6, 6.07) is 10.3. The van der Waals surface area contributed by atoms with Crippen molar-refractivity contribution in [1.29, 1.82) is 5.53 Å². The van der Waals surface area contributed by atoms with E-state index in [1.165, 1.54) is 12.4 Å². The number of fused-ring (bicyclic) bond motifs is 1. The van der Waals surface area contributed by atoms with Gasteiger partial charge in [-0.15, -0.1) is 0 Å². The SMILES string of the molecule is CN/C(=C\N=N)Nc1ncc(Cl)c(-c2ccc3c(c2)C(=O)N([C@H](C)C(=O)N[C@H](C)c2cccc(N4CCN(C)CC4)n2)C3)n1. The molecule has 0 radical (unpaired) electrons. The number of hydrogen-bond donors (Lipinski definition) is 4. The van der Waals surface area contributed by atoms with Crippen LogP contribution in [-0.4, -0.2) is 82.9 Å². The predicted octanol–water partition coefficient (Wildman–Crippen LogP) is 3.63. The maximum Gasteiger partial charge on any atom is 0.255 e. The fourth-order valence-electron chi connectivity index (χ4n) is 5.20. The molecule has 0 bridgehead atoms. The second-order valence-corrected chi connectivity index (χ2v) is 11.3. The molecule has 230 valence electrons. The molecule has 0 unspecified atom stereocenters. The standard InChI is InChI=1S/C30H36ClN11O2/c1-18(24-6-5-7-26(37-24)41-12-10-40(4)11-13-41)36-28(43)19(2)42-17-21-9-8-20(14-22(21)29(42)44)27-23(31)15-34-30(39-27)38-25(33-3)16-35-32/h5-9,14-16,18-19,32-33H,10-13,17H2,1-4H3,(H,36,43)(H,34,38,39)/b25-16+,35-32?/t18-,19-/m1/s1. The van der Waals surface area contributed by atoms with Gasteiger partial charge in [0.25, 0.3) is 5.91 Å². The molecule has 2 aliphatic rings. The van der Waals surface area contributed by atoms with Crippen LogP contribution in [-0.2, 0) is 11.3 Å². The lowest BCUT2D eigenvalue weighted by atomic mass is 10.0. The lowest BCUT2D eigenvalue weighted by molar-refractivity contribution is -0.125. The van der Waals surface area contributed by atoms with Crippen molar-refractivity contribution in [3.8, 4) is 11.3 Å². The minimum Gasteiger partial charge on any atom is -0.373 e. The molecule has 14 heteroatoms. The molecule has 2 atom stereocenters. The van der Waals surface area contributed by atoms with Gasteiger partial charge in [-0.1, -0.05) is 29.8 Å². The Morgan fingerprint density at radius 1 is 1.14 bits per heavy atom. The van der Waals surface area contributed by atoms with Gasteiger partial charge in [0.15, 0.2) is 0 Å². The summed E-state index contributed by atoms with van der Waals surface area (Å²) < 4.78 is 0. The molecular weight excluding hydrogens is 582 g/mol. The summed E-state index contributed by atoms with van der Waals surface area (Å²) in [6.45, 7) is 7.72. The van der Waals surface area contributed by atoms with Gasteiger partial charge in [0.2, 0.25) is 11.9 Å². The minimum absolute atomic E-state index is 0.241. The lowest BCUT2D eigenvalue weighted by Gasteiger charge is -2.33. The zero-order valence-electron chi connectivity index (χ0n) is 25.1. The third-order valence-corrected chi connectivity index (χ3v) is 8.18. The molecule has 2 amide bonds. The number of piperazine rings is 1. The molecule has 1 saturated heterocycles. The second-order valence-electron chi connectivity index (χ2n) is 10.9. The van der Waals surface area contributed by atoms with Crippen LogP contribution < -0.4 is 20.9 Å². The Kier molecular flexibility index (Phi) is 9.35. The van der Waals surface area contributed by atoms with Gasteiger partial charge in [-0.2, -0.15) is 5.11 Å². The van der Waals surface area contributed by atoms with Crippen LogP contribution in [0.5, 0.6) is 0 Å². The van der Waals surface area contributed by atoms with Gasteiger partial charge in [-0.05, 0) is 44.7 Å². The second kappa shape index (κ2) is 13.3. The highest BCUT2D eigenvalue weighted by atomic mass is 35.5. The Hall–Kier alpha value is -4.62. The smallest absolute Gasteiger partial charge is 0.255 e. The summed E-state index contributed by atoms with van der Waals surface area (Å²) in [5, 5.41) is 12.4. The Labute approximate surface area is 261 Å². The number of aromatic nitrogens is 3. The van der Waals surface area contributed by atoms with Crippen molar-refractivity contribution >= 4 is 35.2 Å². The average Bonchev–Trinajstić information content (AvgIpc) is 3.36. The zero-order chi connectivity index (χ0) is 31.4. The first-order chi connectivity index (χ1) is 21.2. The van der Waals surface area contributed by atoms with E-state index in [0.29, 0.717) is 34.2 Å². The van der Waals surface area contributed by atoms with Crippen LogP contribution in [0.25, 0.3) is 11.3 Å². The fourth-order valence-corrected chi connectivity index (χ4v) is 5.40. The van der Waals surface area contributed by atoms with E-state index in [4.69, 9.17) is 22.1 Å². The molecule has 2 aliphatic heterocycles. The quantitative estimate of drug-likeness (QED) is 0.250. The largest absolute Gasteiger partial charge is 0.373 e. The van der Waals surface area contributed by atoms with Crippen molar-refractivity contribution in [2.24, 2.45) is 5.11 Å². The van der Waals surface area contributed by atoms with Crippen LogP contribution in [0.15, 0.2) is 59.7 Å². The number of benzene rings is 1. The molecule has 4 N–H and O–H groups in total. The molecule has 13 nitrogen and oxygen atoms in total. The highest BCUT2D eigenvalue weighted by molar-refractivity contribution is 6.33. The summed E-state index contributed by atoms with van der Waals surface area (Å²) in [6.07, 6.45) is 2.74. The van der Waals surface area contributed by atoms with E-state index in [9.17, 15) is 9.59 Å². The maximum absolute atomic E-state index is 13.5. The minimum atomic E-state index is -0.700. The first kappa shape index (κ1) is 30.8. The van der Waals surface area contributed by atoms with E-state index < -0.39 is 6.04 Å². The summed E-state index contributed by atoms with van der Waals surface area (Å²) in [5.74, 6) is 1.07. The van der Waals surface area contributed by atoms with Crippen molar-refractivity contribution < 1.29 is 9.59 Å². The average molecular weight is 618 g/mol. The van der Waals surface area contributed by atoms with E-state index in [-0.39, 0.29) is 23.8 Å². The van der Waals surface area contributed by atoms with Gasteiger partial charge < -0.3 is 30.7 Å². The normalized spacial score (nSPS) is 16.8. The highest BCUT2D eigenvalue weighted by Crippen LogP contribution is 2.32. The Morgan fingerprint density at radius 2 is 1.91 bits per heavy atom. The van der Waals surface area contributed by atoms with E-state index in [0.717, 1.165) is 43.3 Å². The Morgan fingerprint density at radius 3 is 2.64 bits per heavy atom. The first-order valence-corrected chi connectivity index (χ1v) is 14.8.